The maximum atomic E-state index is 11.4. The fourth-order valence-electron chi connectivity index (χ4n) is 0.972. The van der Waals surface area contributed by atoms with Crippen LogP contribution in [0.2, 0.25) is 0 Å². The van der Waals surface area contributed by atoms with Crippen molar-refractivity contribution >= 4 is 5.91 Å². The van der Waals surface area contributed by atoms with Crippen molar-refractivity contribution in [3.05, 3.63) is 30.1 Å². The summed E-state index contributed by atoms with van der Waals surface area (Å²) in [5, 5.41) is 6.61. The molecule has 76 valence electrons. The molecule has 1 aromatic heterocycles. The van der Waals surface area contributed by atoms with Gasteiger partial charge >= 0.3 is 0 Å². The van der Waals surface area contributed by atoms with E-state index in [-0.39, 0.29) is 5.91 Å². The molecule has 1 aromatic rings. The number of nitrogens with one attached hydrogen (secondary N) is 1. The molecule has 0 saturated carbocycles. The van der Waals surface area contributed by atoms with Gasteiger partial charge < -0.3 is 11.1 Å². The monoisotopic (exact) mass is 194 g/mol. The lowest BCUT2D eigenvalue weighted by molar-refractivity contribution is 0.0958. The van der Waals surface area contributed by atoms with E-state index in [1.807, 2.05) is 6.08 Å². The largest absolute Gasteiger partial charge is 0.348 e. The first-order chi connectivity index (χ1) is 6.74. The smallest absolute Gasteiger partial charge is 0.254 e. The van der Waals surface area contributed by atoms with E-state index in [1.54, 1.807) is 24.0 Å². The Bertz CT molecular complexity index is 329. The molecule has 0 atom stereocenters. The van der Waals surface area contributed by atoms with Crippen LogP contribution in [0.25, 0.3) is 0 Å². The van der Waals surface area contributed by atoms with Gasteiger partial charge in [-0.2, -0.15) is 5.10 Å². The first-order valence-electron chi connectivity index (χ1n) is 4.36. The topological polar surface area (TPSA) is 72.9 Å². The highest BCUT2D eigenvalue weighted by Gasteiger charge is 2.04. The third-order valence-electron chi connectivity index (χ3n) is 1.65. The average Bonchev–Trinajstić information content (AvgIpc) is 2.59. The summed E-state index contributed by atoms with van der Waals surface area (Å²) in [5.74, 6) is -0.125. The minimum atomic E-state index is -0.125. The Labute approximate surface area is 82.6 Å². The average molecular weight is 194 g/mol. The second-order valence-corrected chi connectivity index (χ2v) is 2.82. The van der Waals surface area contributed by atoms with Crippen molar-refractivity contribution in [3.63, 3.8) is 0 Å². The molecule has 5 heteroatoms. The number of carbonyl (C=O) groups is 1. The zero-order valence-corrected chi connectivity index (χ0v) is 8.10. The first kappa shape index (κ1) is 10.5. The second-order valence-electron chi connectivity index (χ2n) is 2.82. The summed E-state index contributed by atoms with van der Waals surface area (Å²) in [4.78, 5) is 11.4. The molecule has 3 N–H and O–H groups in total. The molecular formula is C9H14N4O. The summed E-state index contributed by atoms with van der Waals surface area (Å²) in [5.41, 5.74) is 5.81. The lowest BCUT2D eigenvalue weighted by Crippen LogP contribution is -2.23. The molecule has 0 unspecified atom stereocenters. The van der Waals surface area contributed by atoms with E-state index in [1.165, 1.54) is 6.20 Å². The van der Waals surface area contributed by atoms with Crippen molar-refractivity contribution in [1.82, 2.24) is 15.1 Å². The summed E-state index contributed by atoms with van der Waals surface area (Å²) in [6, 6.07) is 0. The summed E-state index contributed by atoms with van der Waals surface area (Å²) in [6.07, 6.45) is 6.81. The van der Waals surface area contributed by atoms with Gasteiger partial charge in [0.2, 0.25) is 0 Å². The Morgan fingerprint density at radius 2 is 2.50 bits per heavy atom. The van der Waals surface area contributed by atoms with Gasteiger partial charge in [-0.25, -0.2) is 0 Å². The van der Waals surface area contributed by atoms with Gasteiger partial charge in [-0.3, -0.25) is 9.48 Å². The van der Waals surface area contributed by atoms with Crippen molar-refractivity contribution < 1.29 is 4.79 Å². The van der Waals surface area contributed by atoms with E-state index in [0.717, 1.165) is 0 Å². The quantitative estimate of drug-likeness (QED) is 0.644. The van der Waals surface area contributed by atoms with Crippen molar-refractivity contribution in [1.29, 1.82) is 0 Å². The fraction of sp³-hybridized carbons (Fsp3) is 0.333. The van der Waals surface area contributed by atoms with Gasteiger partial charge in [0, 0.05) is 26.3 Å². The molecule has 1 heterocycles. The Kier molecular flexibility index (Phi) is 3.87. The van der Waals surface area contributed by atoms with Crippen molar-refractivity contribution in [2.45, 2.75) is 0 Å². The predicted octanol–water partition coefficient (Wildman–Crippen LogP) is -0.335. The first-order valence-corrected chi connectivity index (χ1v) is 4.36. The molecule has 5 nitrogen and oxygen atoms in total. The normalized spacial score (nSPS) is 10.7. The minimum Gasteiger partial charge on any atom is -0.348 e. The number of hydrogen-bond donors (Lipinski definition) is 2. The molecule has 0 aliphatic rings. The Morgan fingerprint density at radius 3 is 3.07 bits per heavy atom. The summed E-state index contributed by atoms with van der Waals surface area (Å²) in [6.45, 7) is 0.980. The molecule has 1 amide bonds. The van der Waals surface area contributed by atoms with Gasteiger partial charge in [-0.15, -0.1) is 0 Å². The van der Waals surface area contributed by atoms with Crippen LogP contribution in [-0.2, 0) is 7.05 Å². The second kappa shape index (κ2) is 5.18. The van der Waals surface area contributed by atoms with Crippen LogP contribution in [0.3, 0.4) is 0 Å². The third-order valence-corrected chi connectivity index (χ3v) is 1.65. The maximum absolute atomic E-state index is 11.4. The molecule has 0 spiro atoms. The van der Waals surface area contributed by atoms with Gasteiger partial charge in [0.1, 0.15) is 0 Å². The number of rotatable bonds is 4. The van der Waals surface area contributed by atoms with Crippen LogP contribution in [0, 0.1) is 0 Å². The SMILES string of the molecule is Cn1cc(C(=O)NC/C=C/CN)cn1. The van der Waals surface area contributed by atoms with Crippen LogP contribution in [-0.4, -0.2) is 28.8 Å². The Morgan fingerprint density at radius 1 is 1.71 bits per heavy atom. The number of aryl methyl sites for hydroxylation is 1. The van der Waals surface area contributed by atoms with Crippen LogP contribution < -0.4 is 11.1 Å². The van der Waals surface area contributed by atoms with Gasteiger partial charge in [-0.1, -0.05) is 12.2 Å². The zero-order valence-electron chi connectivity index (χ0n) is 8.10. The third kappa shape index (κ3) is 3.02. The van der Waals surface area contributed by atoms with E-state index in [2.05, 4.69) is 10.4 Å². The molecule has 0 saturated heterocycles. The Hall–Kier alpha value is -1.62. The van der Waals surface area contributed by atoms with Gasteiger partial charge in [0.05, 0.1) is 11.8 Å². The van der Waals surface area contributed by atoms with E-state index in [4.69, 9.17) is 5.73 Å². The number of amides is 1. The number of aromatic nitrogens is 2. The number of nitrogens with zero attached hydrogens (tertiary/aromatic N) is 2. The number of nitrogens with two attached hydrogens (primary N) is 1. The van der Waals surface area contributed by atoms with E-state index < -0.39 is 0 Å². The molecule has 14 heavy (non-hydrogen) atoms. The molecule has 0 aliphatic carbocycles. The molecule has 0 radical (unpaired) electrons. The molecular weight excluding hydrogens is 180 g/mol. The summed E-state index contributed by atoms with van der Waals surface area (Å²) >= 11 is 0. The fourth-order valence-corrected chi connectivity index (χ4v) is 0.972. The van der Waals surface area contributed by atoms with Crippen LogP contribution in [0.1, 0.15) is 10.4 Å². The van der Waals surface area contributed by atoms with Gasteiger partial charge in [-0.05, 0) is 0 Å². The van der Waals surface area contributed by atoms with Crippen molar-refractivity contribution in [2.24, 2.45) is 12.8 Å². The van der Waals surface area contributed by atoms with Gasteiger partial charge in [0.15, 0.2) is 0 Å². The van der Waals surface area contributed by atoms with Crippen LogP contribution in [0.15, 0.2) is 24.5 Å². The molecule has 0 aliphatic heterocycles. The summed E-state index contributed by atoms with van der Waals surface area (Å²) < 4.78 is 1.59. The predicted molar refractivity (Wildman–Crippen MR) is 53.7 cm³/mol. The van der Waals surface area contributed by atoms with E-state index in [9.17, 15) is 4.79 Å². The molecule has 0 aromatic carbocycles. The van der Waals surface area contributed by atoms with Crippen molar-refractivity contribution in [2.75, 3.05) is 13.1 Å². The zero-order chi connectivity index (χ0) is 10.4. The van der Waals surface area contributed by atoms with Crippen LogP contribution in [0.4, 0.5) is 0 Å². The highest BCUT2D eigenvalue weighted by atomic mass is 16.1. The standard InChI is InChI=1S/C9H14N4O/c1-13-7-8(6-12-13)9(14)11-5-3-2-4-10/h2-3,6-7H,4-5,10H2,1H3,(H,11,14)/b3-2+. The maximum Gasteiger partial charge on any atom is 0.254 e. The molecule has 1 rings (SSSR count). The molecule has 0 fully saturated rings. The van der Waals surface area contributed by atoms with Crippen LogP contribution >= 0.6 is 0 Å². The van der Waals surface area contributed by atoms with Crippen molar-refractivity contribution in [3.8, 4) is 0 Å². The van der Waals surface area contributed by atoms with Crippen LogP contribution in [0.5, 0.6) is 0 Å². The van der Waals surface area contributed by atoms with E-state index >= 15 is 0 Å². The lowest BCUT2D eigenvalue weighted by atomic mass is 10.3. The Balaban J connectivity index is 2.39. The highest BCUT2D eigenvalue weighted by molar-refractivity contribution is 5.93. The summed E-state index contributed by atoms with van der Waals surface area (Å²) in [7, 11) is 1.77. The number of carbonyl (C=O) groups excluding carboxylic acids is 1. The highest BCUT2D eigenvalue weighted by Crippen LogP contribution is 1.94. The number of hydrogen-bond acceptors (Lipinski definition) is 3. The lowest BCUT2D eigenvalue weighted by Gasteiger charge is -1.97. The minimum absolute atomic E-state index is 0.125. The van der Waals surface area contributed by atoms with E-state index in [0.29, 0.717) is 18.7 Å². The molecule has 0 bridgehead atoms. The van der Waals surface area contributed by atoms with Gasteiger partial charge in [0.25, 0.3) is 5.91 Å².